The second-order valence-electron chi connectivity index (χ2n) is 6.16. The van der Waals surface area contributed by atoms with Crippen molar-refractivity contribution in [2.75, 3.05) is 0 Å². The van der Waals surface area contributed by atoms with Crippen LogP contribution in [0.5, 0.6) is 11.5 Å². The first-order valence-corrected chi connectivity index (χ1v) is 9.24. The van der Waals surface area contributed by atoms with Gasteiger partial charge < -0.3 is 14.9 Å². The highest BCUT2D eigenvalue weighted by Crippen LogP contribution is 2.34. The molecule has 1 N–H and O–H groups in total. The van der Waals surface area contributed by atoms with Crippen molar-refractivity contribution < 1.29 is 14.3 Å². The minimum Gasteiger partial charge on any atom is -0.488 e. The maximum Gasteiger partial charge on any atom is 0.171 e. The van der Waals surface area contributed by atoms with Gasteiger partial charge in [-0.25, -0.2) is 0 Å². The van der Waals surface area contributed by atoms with Gasteiger partial charge in [0.05, 0.1) is 10.6 Å². The standard InChI is InChI=1S/C23H20ClNO3/c24-20-13-19(21(26)11-12-25)22(27-15-17-7-3-1-4-8-17)14-23(20)28-16-18-9-5-2-6-10-18/h1-10,12-14,25H,11,15-16H2. The molecule has 5 heteroatoms. The predicted molar refractivity (Wildman–Crippen MR) is 111 cm³/mol. The average Bonchev–Trinajstić information content (AvgIpc) is 2.73. The van der Waals surface area contributed by atoms with Gasteiger partial charge in [-0.2, -0.15) is 0 Å². The highest BCUT2D eigenvalue weighted by atomic mass is 35.5. The summed E-state index contributed by atoms with van der Waals surface area (Å²) in [4.78, 5) is 12.4. The first-order valence-electron chi connectivity index (χ1n) is 8.86. The number of carbonyl (C=O) groups is 1. The zero-order valence-corrected chi connectivity index (χ0v) is 16.0. The Balaban J connectivity index is 1.84. The van der Waals surface area contributed by atoms with Crippen molar-refractivity contribution in [2.45, 2.75) is 19.6 Å². The number of ketones is 1. The molecule has 0 spiro atoms. The van der Waals surface area contributed by atoms with Crippen LogP contribution in [-0.4, -0.2) is 12.0 Å². The molecule has 0 aromatic heterocycles. The number of carbonyl (C=O) groups excluding carboxylic acids is 1. The molecular weight excluding hydrogens is 374 g/mol. The summed E-state index contributed by atoms with van der Waals surface area (Å²) < 4.78 is 11.7. The third kappa shape index (κ3) is 5.21. The van der Waals surface area contributed by atoms with Crippen molar-refractivity contribution in [1.82, 2.24) is 0 Å². The molecule has 28 heavy (non-hydrogen) atoms. The molecule has 4 nitrogen and oxygen atoms in total. The third-order valence-electron chi connectivity index (χ3n) is 4.10. The van der Waals surface area contributed by atoms with Crippen LogP contribution in [0.3, 0.4) is 0 Å². The minimum atomic E-state index is -0.227. The Kier molecular flexibility index (Phi) is 6.82. The number of Topliss-reactive ketones (excluding diaryl/α,β-unsaturated/α-hetero) is 1. The van der Waals surface area contributed by atoms with Crippen molar-refractivity contribution in [2.24, 2.45) is 0 Å². The van der Waals surface area contributed by atoms with Gasteiger partial charge in [0.1, 0.15) is 24.7 Å². The lowest BCUT2D eigenvalue weighted by molar-refractivity contribution is 0.0997. The Morgan fingerprint density at radius 3 is 1.93 bits per heavy atom. The maximum atomic E-state index is 12.4. The molecular formula is C23H20ClNO3. The molecule has 3 rings (SSSR count). The van der Waals surface area contributed by atoms with Gasteiger partial charge in [-0.3, -0.25) is 4.79 Å². The van der Waals surface area contributed by atoms with Gasteiger partial charge in [0.2, 0.25) is 0 Å². The molecule has 0 saturated heterocycles. The molecule has 0 aliphatic carbocycles. The monoisotopic (exact) mass is 393 g/mol. The Morgan fingerprint density at radius 2 is 1.39 bits per heavy atom. The normalized spacial score (nSPS) is 10.3. The summed E-state index contributed by atoms with van der Waals surface area (Å²) in [5, 5.41) is 7.53. The van der Waals surface area contributed by atoms with Gasteiger partial charge in [-0.15, -0.1) is 0 Å². The number of hydrogen-bond acceptors (Lipinski definition) is 4. The van der Waals surface area contributed by atoms with Gasteiger partial charge in [-0.1, -0.05) is 72.3 Å². The van der Waals surface area contributed by atoms with Crippen LogP contribution < -0.4 is 9.47 Å². The van der Waals surface area contributed by atoms with Crippen LogP contribution in [0.4, 0.5) is 0 Å². The minimum absolute atomic E-state index is 0.0117. The van der Waals surface area contributed by atoms with Crippen molar-refractivity contribution in [3.8, 4) is 11.5 Å². The third-order valence-corrected chi connectivity index (χ3v) is 4.39. The van der Waals surface area contributed by atoms with E-state index in [1.165, 1.54) is 0 Å². The van der Waals surface area contributed by atoms with Crippen LogP contribution in [0.15, 0.2) is 72.8 Å². The van der Waals surface area contributed by atoms with E-state index < -0.39 is 0 Å². The lowest BCUT2D eigenvalue weighted by Crippen LogP contribution is -2.06. The van der Waals surface area contributed by atoms with Crippen molar-refractivity contribution >= 4 is 23.6 Å². The number of benzene rings is 3. The largest absolute Gasteiger partial charge is 0.488 e. The lowest BCUT2D eigenvalue weighted by atomic mass is 10.1. The zero-order chi connectivity index (χ0) is 19.8. The summed E-state index contributed by atoms with van der Waals surface area (Å²) in [5.41, 5.74) is 2.33. The molecule has 0 atom stereocenters. The van der Waals surface area contributed by atoms with Crippen LogP contribution in [-0.2, 0) is 13.2 Å². The number of rotatable bonds is 9. The van der Waals surface area contributed by atoms with E-state index in [0.29, 0.717) is 35.3 Å². The zero-order valence-electron chi connectivity index (χ0n) is 15.2. The molecule has 0 aliphatic rings. The van der Waals surface area contributed by atoms with Gasteiger partial charge >= 0.3 is 0 Å². The number of ether oxygens (including phenoxy) is 2. The van der Waals surface area contributed by atoms with E-state index in [2.05, 4.69) is 0 Å². The van der Waals surface area contributed by atoms with E-state index in [-0.39, 0.29) is 12.2 Å². The number of halogens is 1. The van der Waals surface area contributed by atoms with E-state index in [0.717, 1.165) is 17.3 Å². The summed E-state index contributed by atoms with van der Waals surface area (Å²) >= 11 is 6.34. The summed E-state index contributed by atoms with van der Waals surface area (Å²) in [5.74, 6) is 0.609. The SMILES string of the molecule is N=CCC(=O)c1cc(Cl)c(OCc2ccccc2)cc1OCc1ccccc1. The molecule has 0 amide bonds. The van der Waals surface area contributed by atoms with E-state index in [4.69, 9.17) is 26.5 Å². The number of hydrogen-bond donors (Lipinski definition) is 1. The maximum absolute atomic E-state index is 12.4. The summed E-state index contributed by atoms with van der Waals surface area (Å²) in [7, 11) is 0. The highest BCUT2D eigenvalue weighted by Gasteiger charge is 2.17. The van der Waals surface area contributed by atoms with Crippen LogP contribution in [0.1, 0.15) is 27.9 Å². The van der Waals surface area contributed by atoms with Crippen molar-refractivity contribution in [3.05, 3.63) is 94.5 Å². The molecule has 0 bridgehead atoms. The fourth-order valence-corrected chi connectivity index (χ4v) is 2.87. The summed E-state index contributed by atoms with van der Waals surface area (Å²) in [6, 6.07) is 22.6. The van der Waals surface area contributed by atoms with Crippen molar-refractivity contribution in [1.29, 1.82) is 5.41 Å². The van der Waals surface area contributed by atoms with E-state index >= 15 is 0 Å². The van der Waals surface area contributed by atoms with Gasteiger partial charge in [0, 0.05) is 18.7 Å². The first kappa shape index (κ1) is 19.6. The molecule has 0 radical (unpaired) electrons. The quantitative estimate of drug-likeness (QED) is 0.373. The van der Waals surface area contributed by atoms with E-state index in [1.807, 2.05) is 60.7 Å². The molecule has 0 unspecified atom stereocenters. The second-order valence-corrected chi connectivity index (χ2v) is 6.57. The highest BCUT2D eigenvalue weighted by molar-refractivity contribution is 6.32. The summed E-state index contributed by atoms with van der Waals surface area (Å²) in [6.45, 7) is 0.665. The van der Waals surface area contributed by atoms with Crippen LogP contribution in [0.2, 0.25) is 5.02 Å². The van der Waals surface area contributed by atoms with E-state index in [9.17, 15) is 4.79 Å². The van der Waals surface area contributed by atoms with Crippen molar-refractivity contribution in [3.63, 3.8) is 0 Å². The number of nitrogens with one attached hydrogen (secondary N) is 1. The Bertz CT molecular complexity index is 943. The van der Waals surface area contributed by atoms with Crippen LogP contribution >= 0.6 is 11.6 Å². The molecule has 0 fully saturated rings. The van der Waals surface area contributed by atoms with Gasteiger partial charge in [0.15, 0.2) is 5.78 Å². The summed E-state index contributed by atoms with van der Waals surface area (Å²) in [6.07, 6.45) is 1.05. The fourth-order valence-electron chi connectivity index (χ4n) is 2.66. The van der Waals surface area contributed by atoms with Crippen LogP contribution in [0.25, 0.3) is 0 Å². The first-order chi connectivity index (χ1) is 13.7. The average molecular weight is 394 g/mol. The molecule has 0 heterocycles. The Hall–Kier alpha value is -3.11. The lowest BCUT2D eigenvalue weighted by Gasteiger charge is -2.15. The second kappa shape index (κ2) is 9.72. The topological polar surface area (TPSA) is 59.4 Å². The fraction of sp³-hybridized carbons (Fsp3) is 0.130. The smallest absolute Gasteiger partial charge is 0.171 e. The Morgan fingerprint density at radius 1 is 0.857 bits per heavy atom. The molecule has 3 aromatic rings. The van der Waals surface area contributed by atoms with Crippen LogP contribution in [0, 0.1) is 5.41 Å². The molecule has 142 valence electrons. The molecule has 0 aliphatic heterocycles. The van der Waals surface area contributed by atoms with Gasteiger partial charge in [-0.05, 0) is 17.2 Å². The molecule has 3 aromatic carbocycles. The van der Waals surface area contributed by atoms with E-state index in [1.54, 1.807) is 12.1 Å². The van der Waals surface area contributed by atoms with Gasteiger partial charge in [0.25, 0.3) is 0 Å². The molecule has 0 saturated carbocycles. The predicted octanol–water partition coefficient (Wildman–Crippen LogP) is 5.72. The Labute approximate surface area is 169 Å².